The summed E-state index contributed by atoms with van der Waals surface area (Å²) in [6.07, 6.45) is 10.2. The number of aromatic nitrogens is 4. The van der Waals surface area contributed by atoms with Crippen molar-refractivity contribution in [2.75, 3.05) is 50.8 Å². The van der Waals surface area contributed by atoms with Gasteiger partial charge in [-0.05, 0) is 45.2 Å². The normalized spacial score (nSPS) is 16.3. The summed E-state index contributed by atoms with van der Waals surface area (Å²) >= 11 is 6.67. The Bertz CT molecular complexity index is 1440. The molecule has 0 bridgehead atoms. The average Bonchev–Trinajstić information content (AvgIpc) is 3.50. The molecule has 41 heavy (non-hydrogen) atoms. The molecule has 0 aliphatic carbocycles. The number of likely N-dealkylation sites (N-methyl/N-ethyl adjacent to an activating group) is 1. The zero-order valence-electron chi connectivity index (χ0n) is 24.0. The number of ether oxygens (including phenoxy) is 1. The van der Waals surface area contributed by atoms with Crippen molar-refractivity contribution in [3.63, 3.8) is 0 Å². The Morgan fingerprint density at radius 3 is 2.76 bits per heavy atom. The maximum absolute atomic E-state index is 16.2. The lowest BCUT2D eigenvalue weighted by molar-refractivity contribution is -0.128. The summed E-state index contributed by atoms with van der Waals surface area (Å²) in [5.74, 6) is -0.138. The first-order chi connectivity index (χ1) is 19.7. The quantitative estimate of drug-likeness (QED) is 0.246. The summed E-state index contributed by atoms with van der Waals surface area (Å²) in [4.78, 5) is 27.5. The molecule has 4 rings (SSSR count). The Balaban J connectivity index is 1.73. The molecule has 1 amide bonds. The number of nitrogens with zero attached hydrogens (tertiary/aromatic N) is 6. The van der Waals surface area contributed by atoms with Crippen LogP contribution in [0.2, 0.25) is 5.02 Å². The van der Waals surface area contributed by atoms with Crippen LogP contribution in [0.3, 0.4) is 0 Å². The number of benzene rings is 1. The topological polar surface area (TPSA) is 90.5 Å². The molecule has 1 aromatic carbocycles. The molecule has 218 valence electrons. The maximum Gasteiger partial charge on any atom is 0.319 e. The third-order valence-corrected chi connectivity index (χ3v) is 7.54. The molecule has 1 saturated heterocycles. The number of amides is 1. The van der Waals surface area contributed by atoms with Crippen LogP contribution in [0, 0.1) is 5.82 Å². The van der Waals surface area contributed by atoms with Gasteiger partial charge in [0.05, 0.1) is 11.2 Å². The van der Waals surface area contributed by atoms with Crippen molar-refractivity contribution in [1.82, 2.24) is 30.0 Å². The van der Waals surface area contributed by atoms with Crippen molar-refractivity contribution in [2.24, 2.45) is 0 Å². The lowest BCUT2D eigenvalue weighted by Gasteiger charge is -2.40. The summed E-state index contributed by atoms with van der Waals surface area (Å²) in [6, 6.07) is 1.71. The average molecular weight is 582 g/mol. The van der Waals surface area contributed by atoms with Gasteiger partial charge in [-0.1, -0.05) is 49.8 Å². The molecule has 1 N–H and O–H groups in total. The first kappa shape index (κ1) is 30.2. The summed E-state index contributed by atoms with van der Waals surface area (Å²) in [7, 11) is 0. The second-order valence-corrected chi connectivity index (χ2v) is 10.4. The van der Waals surface area contributed by atoms with E-state index < -0.39 is 5.82 Å². The Morgan fingerprint density at radius 2 is 2.10 bits per heavy atom. The van der Waals surface area contributed by atoms with Crippen LogP contribution in [-0.2, 0) is 4.79 Å². The second kappa shape index (κ2) is 13.7. The van der Waals surface area contributed by atoms with Gasteiger partial charge in [0.15, 0.2) is 5.82 Å². The molecule has 0 spiro atoms. The number of hydrogen-bond acceptors (Lipinski definition) is 7. The van der Waals surface area contributed by atoms with Gasteiger partial charge in [0.1, 0.15) is 17.9 Å². The van der Waals surface area contributed by atoms with Gasteiger partial charge in [-0.15, -0.1) is 0 Å². The number of nitrogens with one attached hydrogen (secondary N) is 1. The van der Waals surface area contributed by atoms with Gasteiger partial charge in [0, 0.05) is 54.9 Å². The fraction of sp³-hybridized carbons (Fsp3) is 0.400. The molecule has 9 nitrogen and oxygen atoms in total. The van der Waals surface area contributed by atoms with Crippen molar-refractivity contribution in [3.05, 3.63) is 64.7 Å². The van der Waals surface area contributed by atoms with Gasteiger partial charge in [-0.2, -0.15) is 15.1 Å². The van der Waals surface area contributed by atoms with Gasteiger partial charge in [0.25, 0.3) is 0 Å². The van der Waals surface area contributed by atoms with E-state index in [0.717, 1.165) is 24.2 Å². The molecule has 1 unspecified atom stereocenters. The lowest BCUT2D eigenvalue weighted by Crippen LogP contribution is -2.54. The number of hydrogen-bond donors (Lipinski definition) is 1. The minimum atomic E-state index is -0.547. The number of aromatic amines is 1. The van der Waals surface area contributed by atoms with Crippen molar-refractivity contribution < 1.29 is 13.9 Å². The highest BCUT2D eigenvalue weighted by Gasteiger charge is 2.29. The van der Waals surface area contributed by atoms with Gasteiger partial charge < -0.3 is 19.4 Å². The smallest absolute Gasteiger partial charge is 0.319 e. The van der Waals surface area contributed by atoms with Gasteiger partial charge in [-0.3, -0.25) is 9.89 Å². The SMILES string of the molecule is C=CC(=O)N1CCN(c2nc(OCCN(CC)CC)nc3c(F)c(/C=C(C)/C=C\c4cn[nH]c4)c(Cl)cc23)CC1C. The van der Waals surface area contributed by atoms with Gasteiger partial charge in [0.2, 0.25) is 5.91 Å². The summed E-state index contributed by atoms with van der Waals surface area (Å²) in [6.45, 7) is 16.0. The van der Waals surface area contributed by atoms with Crippen LogP contribution in [-0.4, -0.2) is 87.8 Å². The third kappa shape index (κ3) is 7.12. The minimum Gasteiger partial charge on any atom is -0.462 e. The van der Waals surface area contributed by atoms with E-state index in [1.807, 2.05) is 30.9 Å². The molecule has 3 heterocycles. The highest BCUT2D eigenvalue weighted by Crippen LogP contribution is 2.35. The molecule has 1 atom stereocenters. The van der Waals surface area contributed by atoms with Crippen LogP contribution < -0.4 is 9.64 Å². The van der Waals surface area contributed by atoms with Crippen LogP contribution in [0.15, 0.2) is 42.8 Å². The van der Waals surface area contributed by atoms with E-state index in [1.165, 1.54) is 6.08 Å². The number of fused-ring (bicyclic) bond motifs is 1. The number of piperazine rings is 1. The summed E-state index contributed by atoms with van der Waals surface area (Å²) in [5.41, 5.74) is 2.07. The first-order valence-corrected chi connectivity index (χ1v) is 14.2. The predicted molar refractivity (Wildman–Crippen MR) is 163 cm³/mol. The molecular formula is C30H37ClFN7O2. The summed E-state index contributed by atoms with van der Waals surface area (Å²) in [5, 5.41) is 7.43. The minimum absolute atomic E-state index is 0.0986. The van der Waals surface area contributed by atoms with E-state index in [0.29, 0.717) is 44.0 Å². The standard InChI is InChI=1S/C30H37ClFN7O2/c1-6-26(40)39-12-11-38(19-21(39)5)29-24-16-25(31)23(15-20(4)9-10-22-17-33-34-18-22)27(32)28(24)35-30(36-29)41-14-13-37(7-2)8-3/h6,9-10,15-18,21H,1,7-8,11-14,19H2,2-5H3,(H,33,34)/b10-9-,20-15+. The Morgan fingerprint density at radius 1 is 1.32 bits per heavy atom. The fourth-order valence-electron chi connectivity index (χ4n) is 4.87. The zero-order chi connectivity index (χ0) is 29.5. The molecule has 1 fully saturated rings. The Hall–Kier alpha value is -3.76. The van der Waals surface area contributed by atoms with Crippen molar-refractivity contribution in [2.45, 2.75) is 33.7 Å². The van der Waals surface area contributed by atoms with Crippen molar-refractivity contribution in [3.8, 4) is 6.01 Å². The molecule has 0 radical (unpaired) electrons. The number of rotatable bonds is 11. The van der Waals surface area contributed by atoms with E-state index in [2.05, 4.69) is 40.5 Å². The van der Waals surface area contributed by atoms with Crippen molar-refractivity contribution >= 4 is 46.4 Å². The van der Waals surface area contributed by atoms with Crippen LogP contribution >= 0.6 is 11.6 Å². The molecule has 1 aliphatic rings. The number of halogens is 2. The number of carbonyl (C=O) groups excluding carboxylic acids is 1. The predicted octanol–water partition coefficient (Wildman–Crippen LogP) is 5.21. The van der Waals surface area contributed by atoms with E-state index in [-0.39, 0.29) is 34.1 Å². The van der Waals surface area contributed by atoms with Gasteiger partial charge >= 0.3 is 6.01 Å². The van der Waals surface area contributed by atoms with Crippen LogP contribution in [0.1, 0.15) is 38.8 Å². The van der Waals surface area contributed by atoms with Crippen LogP contribution in [0.4, 0.5) is 10.2 Å². The largest absolute Gasteiger partial charge is 0.462 e. The number of carbonyl (C=O) groups is 1. The molecule has 1 aliphatic heterocycles. The molecule has 11 heteroatoms. The monoisotopic (exact) mass is 581 g/mol. The highest BCUT2D eigenvalue weighted by molar-refractivity contribution is 6.33. The van der Waals surface area contributed by atoms with E-state index in [1.54, 1.807) is 29.4 Å². The third-order valence-electron chi connectivity index (χ3n) is 7.23. The first-order valence-electron chi connectivity index (χ1n) is 13.8. The lowest BCUT2D eigenvalue weighted by atomic mass is 10.1. The van der Waals surface area contributed by atoms with Gasteiger partial charge in [-0.25, -0.2) is 4.39 Å². The molecule has 3 aromatic rings. The van der Waals surface area contributed by atoms with E-state index in [9.17, 15) is 4.79 Å². The molecule has 2 aromatic heterocycles. The van der Waals surface area contributed by atoms with E-state index in [4.69, 9.17) is 21.3 Å². The Labute approximate surface area is 245 Å². The number of H-pyrrole nitrogens is 1. The fourth-order valence-corrected chi connectivity index (χ4v) is 5.12. The number of allylic oxidation sites excluding steroid dienone is 2. The second-order valence-electron chi connectivity index (χ2n) is 9.97. The summed E-state index contributed by atoms with van der Waals surface area (Å²) < 4.78 is 22.1. The van der Waals surface area contributed by atoms with Crippen molar-refractivity contribution in [1.29, 1.82) is 0 Å². The zero-order valence-corrected chi connectivity index (χ0v) is 24.8. The molecular weight excluding hydrogens is 545 g/mol. The highest BCUT2D eigenvalue weighted by atomic mass is 35.5. The van der Waals surface area contributed by atoms with E-state index >= 15 is 4.39 Å². The van der Waals surface area contributed by atoms with Crippen LogP contribution in [0.25, 0.3) is 23.1 Å². The maximum atomic E-state index is 16.2. The van der Waals surface area contributed by atoms with Crippen LogP contribution in [0.5, 0.6) is 6.01 Å². The molecule has 0 saturated carbocycles. The number of anilines is 1. The Kier molecular flexibility index (Phi) is 10.1.